The molecule has 8 nitrogen and oxygen atoms in total. The van der Waals surface area contributed by atoms with Crippen LogP contribution in [0.25, 0.3) is 0 Å². The first-order chi connectivity index (χ1) is 11.9. The van der Waals surface area contributed by atoms with Crippen molar-refractivity contribution in [1.29, 1.82) is 10.5 Å². The van der Waals surface area contributed by atoms with Crippen molar-refractivity contribution < 1.29 is 18.9 Å². The minimum Gasteiger partial charge on any atom is -0.378 e. The van der Waals surface area contributed by atoms with Gasteiger partial charge in [0.05, 0.1) is 78.1 Å². The van der Waals surface area contributed by atoms with Crippen LogP contribution < -0.4 is 0 Å². The van der Waals surface area contributed by atoms with Gasteiger partial charge in [0, 0.05) is 26.2 Å². The summed E-state index contributed by atoms with van der Waals surface area (Å²) in [5.41, 5.74) is 0. The first-order valence-electron chi connectivity index (χ1n) is 8.36. The van der Waals surface area contributed by atoms with Crippen LogP contribution in [-0.2, 0) is 18.9 Å². The number of rotatable bonds is 2. The number of ether oxygens (including phenoxy) is 4. The van der Waals surface area contributed by atoms with Gasteiger partial charge in [-0.25, -0.2) is 0 Å². The lowest BCUT2D eigenvalue weighted by atomic mass is 10.4. The molecule has 0 amide bonds. The van der Waals surface area contributed by atoms with Gasteiger partial charge in [0.1, 0.15) is 0 Å². The molecular weight excluding hydrogens is 312 g/mol. The van der Waals surface area contributed by atoms with Gasteiger partial charge in [-0.2, -0.15) is 10.5 Å². The van der Waals surface area contributed by atoms with Crippen LogP contribution in [0.15, 0.2) is 0 Å². The smallest absolute Gasteiger partial charge is 0.0867 e. The molecule has 136 valence electrons. The van der Waals surface area contributed by atoms with Crippen molar-refractivity contribution in [3.05, 3.63) is 0 Å². The van der Waals surface area contributed by atoms with E-state index in [1.54, 1.807) is 0 Å². The fourth-order valence-electron chi connectivity index (χ4n) is 2.16. The van der Waals surface area contributed by atoms with E-state index in [-0.39, 0.29) is 0 Å². The lowest BCUT2D eigenvalue weighted by molar-refractivity contribution is 0.0110. The van der Waals surface area contributed by atoms with Crippen molar-refractivity contribution >= 4 is 0 Å². The maximum absolute atomic E-state index is 8.84. The zero-order valence-electron chi connectivity index (χ0n) is 14.3. The highest BCUT2D eigenvalue weighted by Gasteiger charge is 2.06. The normalized spacial score (nSPS) is 21.9. The second-order valence-corrected chi connectivity index (χ2v) is 5.32. The fraction of sp³-hybridized carbons (Fsp3) is 0.875. The quantitative estimate of drug-likeness (QED) is 0.634. The Labute approximate surface area is 144 Å². The molecule has 24 heavy (non-hydrogen) atoms. The van der Waals surface area contributed by atoms with E-state index in [1.165, 1.54) is 0 Å². The molecule has 1 aliphatic heterocycles. The second kappa shape index (κ2) is 15.3. The van der Waals surface area contributed by atoms with Crippen LogP contribution in [0.1, 0.15) is 0 Å². The van der Waals surface area contributed by atoms with Crippen LogP contribution in [0.4, 0.5) is 0 Å². The minimum atomic E-state index is 0.369. The Morgan fingerprint density at radius 1 is 0.542 bits per heavy atom. The predicted octanol–water partition coefficient (Wildman–Crippen LogP) is -0.282. The summed E-state index contributed by atoms with van der Waals surface area (Å²) in [6.07, 6.45) is 0. The van der Waals surface area contributed by atoms with Crippen LogP contribution in [0.3, 0.4) is 0 Å². The highest BCUT2D eigenvalue weighted by atomic mass is 16.5. The zero-order valence-corrected chi connectivity index (χ0v) is 14.3. The van der Waals surface area contributed by atoms with E-state index in [4.69, 9.17) is 29.5 Å². The Morgan fingerprint density at radius 3 is 1.08 bits per heavy atom. The monoisotopic (exact) mass is 340 g/mol. The molecular formula is C16H28N4O4. The summed E-state index contributed by atoms with van der Waals surface area (Å²) >= 11 is 0. The molecule has 0 bridgehead atoms. The summed E-state index contributed by atoms with van der Waals surface area (Å²) < 4.78 is 22.1. The molecule has 0 aromatic carbocycles. The highest BCUT2D eigenvalue weighted by Crippen LogP contribution is 1.93. The fourth-order valence-corrected chi connectivity index (χ4v) is 2.16. The van der Waals surface area contributed by atoms with Gasteiger partial charge >= 0.3 is 0 Å². The second-order valence-electron chi connectivity index (χ2n) is 5.32. The Kier molecular flexibility index (Phi) is 13.2. The molecule has 1 aliphatic rings. The molecule has 0 aromatic heterocycles. The van der Waals surface area contributed by atoms with Crippen molar-refractivity contribution in [3.63, 3.8) is 0 Å². The predicted molar refractivity (Wildman–Crippen MR) is 87.4 cm³/mol. The lowest BCUT2D eigenvalue weighted by Gasteiger charge is -2.20. The molecule has 1 heterocycles. The van der Waals surface area contributed by atoms with Crippen molar-refractivity contribution in [2.75, 3.05) is 92.1 Å². The average Bonchev–Trinajstić information content (AvgIpc) is 2.58. The SMILES string of the molecule is N#CCN1CCOCCOCCN(CC#N)CCOCCOCC1. The number of hydrogen-bond donors (Lipinski definition) is 0. The number of nitriles is 2. The minimum absolute atomic E-state index is 0.369. The van der Waals surface area contributed by atoms with Crippen molar-refractivity contribution in [3.8, 4) is 12.1 Å². The molecule has 1 fully saturated rings. The molecule has 0 saturated carbocycles. The molecule has 8 heteroatoms. The number of nitrogens with zero attached hydrogens (tertiary/aromatic N) is 4. The first kappa shape index (κ1) is 20.8. The molecule has 1 rings (SSSR count). The third kappa shape index (κ3) is 11.3. The molecule has 0 N–H and O–H groups in total. The van der Waals surface area contributed by atoms with Gasteiger partial charge in [0.25, 0.3) is 0 Å². The Balaban J connectivity index is 2.32. The van der Waals surface area contributed by atoms with E-state index < -0.39 is 0 Å². The summed E-state index contributed by atoms with van der Waals surface area (Å²) in [4.78, 5) is 4.01. The standard InChI is InChI=1S/C16H28N4O4/c17-1-3-19-5-9-21-13-15-23-11-7-20(4-2-18)8-12-24-16-14-22-10-6-19/h3-16H2. The van der Waals surface area contributed by atoms with Gasteiger partial charge in [-0.1, -0.05) is 0 Å². The summed E-state index contributed by atoms with van der Waals surface area (Å²) in [5, 5.41) is 17.7. The molecule has 1 saturated heterocycles. The van der Waals surface area contributed by atoms with Crippen LogP contribution in [0.5, 0.6) is 0 Å². The first-order valence-corrected chi connectivity index (χ1v) is 8.36. The Morgan fingerprint density at radius 2 is 0.833 bits per heavy atom. The van der Waals surface area contributed by atoms with Crippen LogP contribution >= 0.6 is 0 Å². The summed E-state index contributed by atoms with van der Waals surface area (Å²) in [6, 6.07) is 4.32. The van der Waals surface area contributed by atoms with E-state index in [0.717, 1.165) is 0 Å². The molecule has 0 atom stereocenters. The molecule has 0 aliphatic carbocycles. The highest BCUT2D eigenvalue weighted by molar-refractivity contribution is 4.77. The molecule has 0 radical (unpaired) electrons. The van der Waals surface area contributed by atoms with Crippen LogP contribution in [0, 0.1) is 22.7 Å². The van der Waals surface area contributed by atoms with Crippen LogP contribution in [0.2, 0.25) is 0 Å². The Hall–Kier alpha value is -1.26. The van der Waals surface area contributed by atoms with Crippen LogP contribution in [-0.4, -0.2) is 102 Å². The summed E-state index contributed by atoms with van der Waals surface area (Å²) in [6.45, 7) is 7.89. The molecule has 0 aromatic rings. The third-order valence-electron chi connectivity index (χ3n) is 3.54. The van der Waals surface area contributed by atoms with E-state index in [2.05, 4.69) is 12.1 Å². The van der Waals surface area contributed by atoms with Crippen molar-refractivity contribution in [2.24, 2.45) is 0 Å². The zero-order chi connectivity index (χ0) is 17.3. The van der Waals surface area contributed by atoms with E-state index in [0.29, 0.717) is 92.1 Å². The topological polar surface area (TPSA) is 91.0 Å². The van der Waals surface area contributed by atoms with Gasteiger partial charge < -0.3 is 18.9 Å². The summed E-state index contributed by atoms with van der Waals surface area (Å²) in [7, 11) is 0. The molecule has 0 unspecified atom stereocenters. The lowest BCUT2D eigenvalue weighted by Crippen LogP contribution is -2.33. The largest absolute Gasteiger partial charge is 0.378 e. The third-order valence-corrected chi connectivity index (χ3v) is 3.54. The van der Waals surface area contributed by atoms with Gasteiger partial charge in [-0.3, -0.25) is 9.80 Å². The van der Waals surface area contributed by atoms with E-state index in [1.807, 2.05) is 9.80 Å². The van der Waals surface area contributed by atoms with Gasteiger partial charge in [-0.15, -0.1) is 0 Å². The average molecular weight is 340 g/mol. The van der Waals surface area contributed by atoms with E-state index >= 15 is 0 Å². The molecule has 0 spiro atoms. The number of hydrogen-bond acceptors (Lipinski definition) is 8. The maximum Gasteiger partial charge on any atom is 0.0867 e. The Bertz CT molecular complexity index is 327. The van der Waals surface area contributed by atoms with Crippen molar-refractivity contribution in [1.82, 2.24) is 9.80 Å². The van der Waals surface area contributed by atoms with Gasteiger partial charge in [-0.05, 0) is 0 Å². The van der Waals surface area contributed by atoms with Crippen molar-refractivity contribution in [2.45, 2.75) is 0 Å². The van der Waals surface area contributed by atoms with Gasteiger partial charge in [0.2, 0.25) is 0 Å². The van der Waals surface area contributed by atoms with Gasteiger partial charge in [0.15, 0.2) is 0 Å². The summed E-state index contributed by atoms with van der Waals surface area (Å²) in [5.74, 6) is 0. The van der Waals surface area contributed by atoms with E-state index in [9.17, 15) is 0 Å². The maximum atomic E-state index is 8.84.